The lowest BCUT2D eigenvalue weighted by atomic mass is 9.86. The molecule has 17 heavy (non-hydrogen) atoms. The molecule has 0 heterocycles. The summed E-state index contributed by atoms with van der Waals surface area (Å²) in [4.78, 5) is 13.6. The molecule has 2 amide bonds. The molecule has 1 aliphatic carbocycles. The van der Waals surface area contributed by atoms with Gasteiger partial charge in [0.05, 0.1) is 6.61 Å². The van der Waals surface area contributed by atoms with Crippen LogP contribution in [0.2, 0.25) is 0 Å². The lowest BCUT2D eigenvalue weighted by Crippen LogP contribution is -2.48. The maximum Gasteiger partial charge on any atom is 0.317 e. The van der Waals surface area contributed by atoms with Crippen molar-refractivity contribution >= 4 is 6.03 Å². The van der Waals surface area contributed by atoms with Crippen LogP contribution in [0.25, 0.3) is 0 Å². The number of amides is 2. The smallest absolute Gasteiger partial charge is 0.317 e. The fraction of sp³-hybridized carbons (Fsp3) is 0.769. The molecular formula is C13H24N2O2. The fourth-order valence-electron chi connectivity index (χ4n) is 2.33. The Balaban J connectivity index is 2.46. The van der Waals surface area contributed by atoms with Crippen molar-refractivity contribution in [1.29, 1.82) is 0 Å². The largest absolute Gasteiger partial charge is 0.395 e. The van der Waals surface area contributed by atoms with E-state index in [1.165, 1.54) is 19.3 Å². The second kappa shape index (κ2) is 7.33. The lowest BCUT2D eigenvalue weighted by Gasteiger charge is -2.31. The minimum atomic E-state index is -0.0855. The average molecular weight is 240 g/mol. The second-order valence-corrected chi connectivity index (χ2v) is 4.78. The number of aliphatic hydroxyl groups excluding tert-OH is 1. The predicted molar refractivity (Wildman–Crippen MR) is 68.8 cm³/mol. The third-order valence-electron chi connectivity index (χ3n) is 3.43. The van der Waals surface area contributed by atoms with Gasteiger partial charge in [-0.2, -0.15) is 0 Å². The van der Waals surface area contributed by atoms with Gasteiger partial charge in [0.1, 0.15) is 0 Å². The molecule has 4 nitrogen and oxygen atoms in total. The van der Waals surface area contributed by atoms with E-state index in [2.05, 4.69) is 18.8 Å². The minimum absolute atomic E-state index is 0.0124. The summed E-state index contributed by atoms with van der Waals surface area (Å²) in [6.45, 7) is 6.64. The highest BCUT2D eigenvalue weighted by Crippen LogP contribution is 2.23. The van der Waals surface area contributed by atoms with Crippen LogP contribution < -0.4 is 5.32 Å². The molecule has 1 aliphatic rings. The zero-order valence-corrected chi connectivity index (χ0v) is 10.7. The fourth-order valence-corrected chi connectivity index (χ4v) is 2.33. The highest BCUT2D eigenvalue weighted by atomic mass is 16.3. The molecule has 2 unspecified atom stereocenters. The number of carbonyl (C=O) groups excluding carboxylic acids is 1. The van der Waals surface area contributed by atoms with Crippen molar-refractivity contribution in [2.45, 2.75) is 38.6 Å². The molecule has 4 heteroatoms. The van der Waals surface area contributed by atoms with E-state index >= 15 is 0 Å². The minimum Gasteiger partial charge on any atom is -0.395 e. The van der Waals surface area contributed by atoms with Gasteiger partial charge in [-0.15, -0.1) is 6.58 Å². The molecule has 0 aromatic carbocycles. The van der Waals surface area contributed by atoms with Gasteiger partial charge in [-0.3, -0.25) is 0 Å². The topological polar surface area (TPSA) is 52.6 Å². The molecule has 1 rings (SSSR count). The van der Waals surface area contributed by atoms with Crippen LogP contribution in [0, 0.1) is 5.92 Å². The van der Waals surface area contributed by atoms with Crippen LogP contribution in [-0.2, 0) is 0 Å². The van der Waals surface area contributed by atoms with Crippen molar-refractivity contribution in [1.82, 2.24) is 10.2 Å². The molecule has 2 N–H and O–H groups in total. The standard InChI is InChI=1S/C13H24N2O2/c1-3-8-15(9-10-16)13(17)14-12-7-5-4-6-11(12)2/h3,11-12,16H,1,4-10H2,2H3,(H,14,17). The molecule has 0 aliphatic heterocycles. The van der Waals surface area contributed by atoms with Crippen molar-refractivity contribution in [3.8, 4) is 0 Å². The summed E-state index contributed by atoms with van der Waals surface area (Å²) in [5, 5.41) is 12.0. The van der Waals surface area contributed by atoms with Crippen molar-refractivity contribution in [3.05, 3.63) is 12.7 Å². The van der Waals surface area contributed by atoms with E-state index < -0.39 is 0 Å². The number of rotatable bonds is 5. The van der Waals surface area contributed by atoms with Crippen molar-refractivity contribution in [3.63, 3.8) is 0 Å². The van der Waals surface area contributed by atoms with Gasteiger partial charge in [0, 0.05) is 19.1 Å². The van der Waals surface area contributed by atoms with Gasteiger partial charge in [-0.1, -0.05) is 25.8 Å². The zero-order valence-electron chi connectivity index (χ0n) is 10.7. The van der Waals surface area contributed by atoms with Gasteiger partial charge in [0.2, 0.25) is 0 Å². The SMILES string of the molecule is C=CCN(CCO)C(=O)NC1CCCCC1C. The Morgan fingerprint density at radius 3 is 2.82 bits per heavy atom. The molecule has 0 aromatic heterocycles. The maximum atomic E-state index is 12.0. The van der Waals surface area contributed by atoms with E-state index in [1.807, 2.05) is 0 Å². The van der Waals surface area contributed by atoms with E-state index in [9.17, 15) is 4.79 Å². The van der Waals surface area contributed by atoms with Crippen LogP contribution in [0.4, 0.5) is 4.79 Å². The Bertz CT molecular complexity index is 256. The van der Waals surface area contributed by atoms with E-state index in [1.54, 1.807) is 11.0 Å². The van der Waals surface area contributed by atoms with Crippen LogP contribution >= 0.6 is 0 Å². The Hall–Kier alpha value is -1.03. The van der Waals surface area contributed by atoms with Crippen LogP contribution in [0.1, 0.15) is 32.6 Å². The molecule has 0 saturated heterocycles. The van der Waals surface area contributed by atoms with Gasteiger partial charge in [-0.05, 0) is 18.8 Å². The average Bonchev–Trinajstić information content (AvgIpc) is 2.32. The van der Waals surface area contributed by atoms with Crippen LogP contribution in [0.5, 0.6) is 0 Å². The van der Waals surface area contributed by atoms with Gasteiger partial charge in [-0.25, -0.2) is 4.79 Å². The highest BCUT2D eigenvalue weighted by molar-refractivity contribution is 5.74. The Kier molecular flexibility index (Phi) is 6.05. The first kappa shape index (κ1) is 14.0. The van der Waals surface area contributed by atoms with Crippen molar-refractivity contribution in [2.75, 3.05) is 19.7 Å². The number of hydrogen-bond donors (Lipinski definition) is 2. The molecule has 98 valence electrons. The van der Waals surface area contributed by atoms with Gasteiger partial charge >= 0.3 is 6.03 Å². The van der Waals surface area contributed by atoms with Gasteiger partial charge < -0.3 is 15.3 Å². The monoisotopic (exact) mass is 240 g/mol. The summed E-state index contributed by atoms with van der Waals surface area (Å²) in [6, 6.07) is 0.194. The molecule has 0 spiro atoms. The summed E-state index contributed by atoms with van der Waals surface area (Å²) in [6.07, 6.45) is 6.39. The predicted octanol–water partition coefficient (Wildman–Crippen LogP) is 1.75. The summed E-state index contributed by atoms with van der Waals surface area (Å²) in [7, 11) is 0. The number of nitrogens with zero attached hydrogens (tertiary/aromatic N) is 1. The van der Waals surface area contributed by atoms with E-state index in [0.29, 0.717) is 19.0 Å². The van der Waals surface area contributed by atoms with Crippen molar-refractivity contribution < 1.29 is 9.90 Å². The van der Waals surface area contributed by atoms with Gasteiger partial charge in [0.15, 0.2) is 0 Å². The summed E-state index contributed by atoms with van der Waals surface area (Å²) >= 11 is 0. The zero-order chi connectivity index (χ0) is 12.7. The molecule has 0 radical (unpaired) electrons. The van der Waals surface area contributed by atoms with E-state index in [-0.39, 0.29) is 18.7 Å². The number of hydrogen-bond acceptors (Lipinski definition) is 2. The quantitative estimate of drug-likeness (QED) is 0.719. The molecule has 1 fully saturated rings. The first-order chi connectivity index (χ1) is 8.19. The number of aliphatic hydroxyl groups is 1. The Labute approximate surface area is 104 Å². The van der Waals surface area contributed by atoms with Gasteiger partial charge in [0.25, 0.3) is 0 Å². The molecule has 0 aromatic rings. The Morgan fingerprint density at radius 2 is 2.24 bits per heavy atom. The first-order valence-corrected chi connectivity index (χ1v) is 6.46. The summed E-state index contributed by atoms with van der Waals surface area (Å²) < 4.78 is 0. The van der Waals surface area contributed by atoms with Crippen LogP contribution in [-0.4, -0.2) is 41.8 Å². The van der Waals surface area contributed by atoms with Crippen LogP contribution in [0.3, 0.4) is 0 Å². The second-order valence-electron chi connectivity index (χ2n) is 4.78. The molecule has 0 bridgehead atoms. The number of carbonyl (C=O) groups is 1. The lowest BCUT2D eigenvalue weighted by molar-refractivity contribution is 0.171. The summed E-state index contributed by atoms with van der Waals surface area (Å²) in [5.41, 5.74) is 0. The number of urea groups is 1. The molecule has 1 saturated carbocycles. The van der Waals surface area contributed by atoms with E-state index in [0.717, 1.165) is 6.42 Å². The first-order valence-electron chi connectivity index (χ1n) is 6.46. The highest BCUT2D eigenvalue weighted by Gasteiger charge is 2.24. The molecule has 2 atom stereocenters. The van der Waals surface area contributed by atoms with E-state index in [4.69, 9.17) is 5.11 Å². The Morgan fingerprint density at radius 1 is 1.53 bits per heavy atom. The summed E-state index contributed by atoms with van der Waals surface area (Å²) in [5.74, 6) is 0.549. The maximum absolute atomic E-state index is 12.0. The van der Waals surface area contributed by atoms with Crippen LogP contribution in [0.15, 0.2) is 12.7 Å². The normalized spacial score (nSPS) is 24.1. The molecular weight excluding hydrogens is 216 g/mol. The third-order valence-corrected chi connectivity index (χ3v) is 3.43. The third kappa shape index (κ3) is 4.38. The number of nitrogens with one attached hydrogen (secondary N) is 1. The van der Waals surface area contributed by atoms with Crippen molar-refractivity contribution in [2.24, 2.45) is 5.92 Å².